The van der Waals surface area contributed by atoms with E-state index in [0.29, 0.717) is 12.8 Å². The maximum Gasteiger partial charge on any atom is 0.121 e. The highest BCUT2D eigenvalue weighted by Crippen LogP contribution is 2.67. The highest BCUT2D eigenvalue weighted by atomic mass is 16.6. The normalized spacial score (nSPS) is 39.2. The minimum Gasteiger partial charge on any atom is -0.393 e. The van der Waals surface area contributed by atoms with Gasteiger partial charge >= 0.3 is 0 Å². The fourth-order valence-electron chi connectivity index (χ4n) is 7.99. The van der Waals surface area contributed by atoms with Crippen LogP contribution in [0, 0.1) is 10.8 Å². The average molecular weight is 601 g/mol. The summed E-state index contributed by atoms with van der Waals surface area (Å²) in [4.78, 5) is 0. The SMILES string of the molecule is CC(=C/C=C/C=C(C)/C=C/C=C(C)\C=C\[C@@]12O[C@]1(C)C[C@@H](O)CC2(C)C)/C=C/C=C(C)/C=C/[C@@]12O[C@]1(C)C[C@@H](O)CC2(C)C. The van der Waals surface area contributed by atoms with E-state index in [0.717, 1.165) is 12.8 Å². The van der Waals surface area contributed by atoms with Crippen molar-refractivity contribution in [1.82, 2.24) is 0 Å². The minimum atomic E-state index is -0.294. The third-order valence-electron chi connectivity index (χ3n) is 10.4. The van der Waals surface area contributed by atoms with Crippen molar-refractivity contribution in [3.63, 3.8) is 0 Å². The van der Waals surface area contributed by atoms with Crippen molar-refractivity contribution in [2.24, 2.45) is 10.8 Å². The van der Waals surface area contributed by atoms with Crippen LogP contribution < -0.4 is 0 Å². The Labute approximate surface area is 267 Å². The zero-order valence-electron chi connectivity index (χ0n) is 28.8. The lowest BCUT2D eigenvalue weighted by Gasteiger charge is -2.39. The van der Waals surface area contributed by atoms with Crippen LogP contribution in [-0.4, -0.2) is 44.8 Å². The summed E-state index contributed by atoms with van der Waals surface area (Å²) in [7, 11) is 0. The molecule has 4 heteroatoms. The molecule has 0 unspecified atom stereocenters. The van der Waals surface area contributed by atoms with Gasteiger partial charge in [-0.15, -0.1) is 0 Å². The molecular formula is C40H56O4. The van der Waals surface area contributed by atoms with Crippen LogP contribution in [0.1, 0.15) is 94.9 Å². The molecule has 2 saturated carbocycles. The lowest BCUT2D eigenvalue weighted by atomic mass is 9.63. The van der Waals surface area contributed by atoms with Crippen LogP contribution in [0.15, 0.2) is 107 Å². The first-order valence-electron chi connectivity index (χ1n) is 16.3. The van der Waals surface area contributed by atoms with E-state index in [1.54, 1.807) is 0 Å². The Balaban J connectivity index is 1.25. The monoisotopic (exact) mass is 600 g/mol. The molecule has 2 N–H and O–H groups in total. The molecule has 2 heterocycles. The van der Waals surface area contributed by atoms with E-state index in [9.17, 15) is 10.2 Å². The van der Waals surface area contributed by atoms with Crippen molar-refractivity contribution in [3.05, 3.63) is 107 Å². The van der Waals surface area contributed by atoms with Crippen molar-refractivity contribution in [3.8, 4) is 0 Å². The molecule has 6 atom stereocenters. The van der Waals surface area contributed by atoms with Crippen molar-refractivity contribution in [1.29, 1.82) is 0 Å². The van der Waals surface area contributed by atoms with Gasteiger partial charge in [0.25, 0.3) is 0 Å². The maximum atomic E-state index is 10.3. The summed E-state index contributed by atoms with van der Waals surface area (Å²) in [6, 6.07) is 0. The first-order chi connectivity index (χ1) is 20.4. The molecule has 0 amide bonds. The Morgan fingerprint density at radius 2 is 0.818 bits per heavy atom. The standard InChI is InChI=1S/C40H56O4/c1-29(17-13-19-31(3)21-23-39-35(5,6)25-33(41)27-37(39,9)43-39)15-11-12-16-30(2)18-14-20-32(4)22-24-40-36(7,8)26-34(42)28-38(40,10)44-40/h11-24,33-34,41-42H,25-28H2,1-10H3/b12-11+,17-13+,18-14+,23-21+,24-22+,29-15-,30-16+,31-19+,32-20-/t33-,34-,37+,38+,39-,40-/m0/s1. The molecule has 2 saturated heterocycles. The zero-order valence-corrected chi connectivity index (χ0v) is 28.8. The molecule has 0 aromatic heterocycles. The van der Waals surface area contributed by atoms with E-state index in [2.05, 4.69) is 154 Å². The van der Waals surface area contributed by atoms with Gasteiger partial charge in [0.1, 0.15) is 22.4 Å². The molecule has 4 aliphatic rings. The number of epoxide rings is 2. The van der Waals surface area contributed by atoms with Gasteiger partial charge in [-0.05, 0) is 66.5 Å². The summed E-state index contributed by atoms with van der Waals surface area (Å²) in [6.07, 6.45) is 32.0. The number of aliphatic hydroxyl groups excluding tert-OH is 2. The molecular weight excluding hydrogens is 544 g/mol. The molecule has 2 aliphatic carbocycles. The fraction of sp³-hybridized carbons (Fsp3) is 0.550. The van der Waals surface area contributed by atoms with Gasteiger partial charge < -0.3 is 19.7 Å². The summed E-state index contributed by atoms with van der Waals surface area (Å²) < 4.78 is 12.5. The summed E-state index contributed by atoms with van der Waals surface area (Å²) >= 11 is 0. The Morgan fingerprint density at radius 1 is 0.500 bits per heavy atom. The van der Waals surface area contributed by atoms with E-state index >= 15 is 0 Å². The van der Waals surface area contributed by atoms with Gasteiger partial charge in [-0.3, -0.25) is 0 Å². The molecule has 4 rings (SSSR count). The van der Waals surface area contributed by atoms with Crippen LogP contribution in [0.25, 0.3) is 0 Å². The van der Waals surface area contributed by atoms with Crippen molar-refractivity contribution >= 4 is 0 Å². The number of ether oxygens (including phenoxy) is 2. The van der Waals surface area contributed by atoms with Gasteiger partial charge in [0.05, 0.1) is 12.2 Å². The number of hydrogen-bond donors (Lipinski definition) is 2. The van der Waals surface area contributed by atoms with Crippen molar-refractivity contribution in [2.75, 3.05) is 0 Å². The number of aliphatic hydroxyl groups is 2. The van der Waals surface area contributed by atoms with Crippen LogP contribution in [0.3, 0.4) is 0 Å². The van der Waals surface area contributed by atoms with E-state index in [1.807, 2.05) is 0 Å². The van der Waals surface area contributed by atoms with Gasteiger partial charge in [-0.2, -0.15) is 0 Å². The molecule has 44 heavy (non-hydrogen) atoms. The Hall–Kier alpha value is -2.50. The second-order valence-electron chi connectivity index (χ2n) is 15.4. The highest BCUT2D eigenvalue weighted by Gasteiger charge is 2.75. The third kappa shape index (κ3) is 6.84. The quantitative estimate of drug-likeness (QED) is 0.194. The van der Waals surface area contributed by atoms with Gasteiger partial charge in [0, 0.05) is 23.7 Å². The van der Waals surface area contributed by atoms with Gasteiger partial charge in [-0.1, -0.05) is 123 Å². The molecule has 4 fully saturated rings. The molecule has 0 spiro atoms. The summed E-state index contributed by atoms with van der Waals surface area (Å²) in [6.45, 7) is 21.4. The lowest BCUT2D eigenvalue weighted by molar-refractivity contribution is 0.0510. The van der Waals surface area contributed by atoms with E-state index < -0.39 is 0 Å². The van der Waals surface area contributed by atoms with Gasteiger partial charge in [-0.25, -0.2) is 0 Å². The first kappa shape index (κ1) is 34.4. The van der Waals surface area contributed by atoms with E-state index in [4.69, 9.17) is 9.47 Å². The Kier molecular flexibility index (Phi) is 9.66. The molecule has 4 nitrogen and oxygen atoms in total. The summed E-state index contributed by atoms with van der Waals surface area (Å²) in [5.41, 5.74) is 3.36. The predicted molar refractivity (Wildman–Crippen MR) is 183 cm³/mol. The predicted octanol–water partition coefficient (Wildman–Crippen LogP) is 8.97. The first-order valence-corrected chi connectivity index (χ1v) is 16.3. The molecule has 0 aromatic carbocycles. The van der Waals surface area contributed by atoms with Crippen molar-refractivity contribution in [2.45, 2.75) is 130 Å². The third-order valence-corrected chi connectivity index (χ3v) is 10.4. The van der Waals surface area contributed by atoms with E-state index in [-0.39, 0.29) is 45.4 Å². The van der Waals surface area contributed by atoms with Crippen LogP contribution in [0.2, 0.25) is 0 Å². The molecule has 240 valence electrons. The number of fused-ring (bicyclic) bond motifs is 2. The summed E-state index contributed by atoms with van der Waals surface area (Å²) in [5, 5.41) is 20.5. The van der Waals surface area contributed by atoms with Crippen LogP contribution in [0.4, 0.5) is 0 Å². The molecule has 2 aliphatic heterocycles. The second kappa shape index (κ2) is 12.4. The Morgan fingerprint density at radius 3 is 1.16 bits per heavy atom. The Bertz CT molecular complexity index is 1270. The minimum absolute atomic E-state index is 0.0969. The lowest BCUT2D eigenvalue weighted by Crippen LogP contribution is -2.46. The number of hydrogen-bond acceptors (Lipinski definition) is 4. The van der Waals surface area contributed by atoms with Crippen LogP contribution in [-0.2, 0) is 9.47 Å². The molecule has 0 aromatic rings. The molecule has 0 radical (unpaired) electrons. The summed E-state index contributed by atoms with van der Waals surface area (Å²) in [5.74, 6) is 0. The number of allylic oxidation sites excluding steroid dienone is 16. The second-order valence-corrected chi connectivity index (χ2v) is 15.4. The van der Waals surface area contributed by atoms with Crippen LogP contribution >= 0.6 is 0 Å². The maximum absolute atomic E-state index is 10.3. The average Bonchev–Trinajstić information content (AvgIpc) is 3.73. The topological polar surface area (TPSA) is 65.5 Å². The fourth-order valence-corrected chi connectivity index (χ4v) is 7.99. The van der Waals surface area contributed by atoms with Gasteiger partial charge in [0.2, 0.25) is 0 Å². The highest BCUT2D eigenvalue weighted by molar-refractivity contribution is 5.38. The molecule has 0 bridgehead atoms. The van der Waals surface area contributed by atoms with Gasteiger partial charge in [0.15, 0.2) is 0 Å². The van der Waals surface area contributed by atoms with Crippen LogP contribution in [0.5, 0.6) is 0 Å². The van der Waals surface area contributed by atoms with E-state index in [1.165, 1.54) is 22.3 Å². The smallest absolute Gasteiger partial charge is 0.121 e. The zero-order chi connectivity index (χ0) is 32.6. The number of rotatable bonds is 10. The van der Waals surface area contributed by atoms with Crippen molar-refractivity contribution < 1.29 is 19.7 Å². The largest absolute Gasteiger partial charge is 0.393 e.